The van der Waals surface area contributed by atoms with E-state index in [9.17, 15) is 4.79 Å². The minimum Gasteiger partial charge on any atom is -0.376 e. The highest BCUT2D eigenvalue weighted by Gasteiger charge is 2.34. The van der Waals surface area contributed by atoms with Gasteiger partial charge in [0.1, 0.15) is 0 Å². The summed E-state index contributed by atoms with van der Waals surface area (Å²) < 4.78 is 7.61. The number of hydrogen-bond donors (Lipinski definition) is 1. The highest BCUT2D eigenvalue weighted by atomic mass is 35.5. The fourth-order valence-electron chi connectivity index (χ4n) is 3.91. The van der Waals surface area contributed by atoms with Crippen LogP contribution in [-0.2, 0) is 24.8 Å². The lowest BCUT2D eigenvalue weighted by atomic mass is 9.95. The molecule has 1 fully saturated rings. The zero-order chi connectivity index (χ0) is 18.1. The third kappa shape index (κ3) is 3.19. The average molecular weight is 375 g/mol. The van der Waals surface area contributed by atoms with Crippen LogP contribution in [0, 0.1) is 0 Å². The number of carbonyl (C=O) groups is 1. The molecule has 1 atom stereocenters. The van der Waals surface area contributed by atoms with Gasteiger partial charge >= 0.3 is 6.03 Å². The first-order chi connectivity index (χ1) is 12.6. The van der Waals surface area contributed by atoms with Crippen molar-refractivity contribution in [1.82, 2.24) is 14.7 Å². The topological polar surface area (TPSA) is 59.4 Å². The Kier molecular flexibility index (Phi) is 4.87. The number of ether oxygens (including phenoxy) is 1. The minimum absolute atomic E-state index is 0.0251. The number of carbonyl (C=O) groups excluding carboxylic acids is 1. The molecule has 138 valence electrons. The molecule has 0 saturated carbocycles. The van der Waals surface area contributed by atoms with E-state index in [1.54, 1.807) is 6.07 Å². The first kappa shape index (κ1) is 17.4. The van der Waals surface area contributed by atoms with E-state index in [1.165, 1.54) is 5.69 Å². The number of para-hydroxylation sites is 1. The van der Waals surface area contributed by atoms with Gasteiger partial charge in [0.15, 0.2) is 0 Å². The Morgan fingerprint density at radius 1 is 1.35 bits per heavy atom. The maximum atomic E-state index is 13.0. The predicted molar refractivity (Wildman–Crippen MR) is 100 cm³/mol. The summed E-state index contributed by atoms with van der Waals surface area (Å²) in [7, 11) is 1.98. The number of benzene rings is 1. The molecule has 0 bridgehead atoms. The summed E-state index contributed by atoms with van der Waals surface area (Å²) in [4.78, 5) is 14.9. The number of halogens is 1. The van der Waals surface area contributed by atoms with Crippen LogP contribution in [0.4, 0.5) is 10.5 Å². The van der Waals surface area contributed by atoms with Gasteiger partial charge < -0.3 is 15.0 Å². The van der Waals surface area contributed by atoms with E-state index in [2.05, 4.69) is 5.32 Å². The third-order valence-electron chi connectivity index (χ3n) is 5.23. The minimum atomic E-state index is -0.126. The number of nitrogens with zero attached hydrogens (tertiary/aromatic N) is 3. The lowest BCUT2D eigenvalue weighted by Gasteiger charge is -2.35. The van der Waals surface area contributed by atoms with Gasteiger partial charge in [0.2, 0.25) is 0 Å². The molecule has 0 unspecified atom stereocenters. The van der Waals surface area contributed by atoms with Crippen LogP contribution in [0.2, 0.25) is 5.02 Å². The molecule has 2 aliphatic rings. The van der Waals surface area contributed by atoms with Gasteiger partial charge in [0.25, 0.3) is 0 Å². The van der Waals surface area contributed by atoms with Gasteiger partial charge in [0, 0.05) is 31.3 Å². The standard InChI is InChI=1S/C19H23ClN4O2/c1-23-16-9-11-26-12-13(16)18(22-23)17-8-4-5-10-24(17)19(25)21-15-7-3-2-6-14(15)20/h2-3,6-7,17H,4-5,8-12H2,1H3,(H,21,25)/t17-/m0/s1. The number of amides is 2. The number of fused-ring (bicyclic) bond motifs is 1. The molecule has 3 heterocycles. The number of piperidine rings is 1. The van der Waals surface area contributed by atoms with Crippen molar-refractivity contribution in [1.29, 1.82) is 0 Å². The van der Waals surface area contributed by atoms with E-state index in [0.29, 0.717) is 23.9 Å². The van der Waals surface area contributed by atoms with Crippen LogP contribution < -0.4 is 5.32 Å². The Balaban J connectivity index is 1.61. The van der Waals surface area contributed by atoms with Crippen LogP contribution in [0.1, 0.15) is 42.3 Å². The summed E-state index contributed by atoms with van der Waals surface area (Å²) in [5.74, 6) is 0. The summed E-state index contributed by atoms with van der Waals surface area (Å²) in [6, 6.07) is 7.15. The Morgan fingerprint density at radius 2 is 2.19 bits per heavy atom. The summed E-state index contributed by atoms with van der Waals surface area (Å²) in [5.41, 5.74) is 4.00. The lowest BCUT2D eigenvalue weighted by Crippen LogP contribution is -2.41. The largest absolute Gasteiger partial charge is 0.376 e. The van der Waals surface area contributed by atoms with Gasteiger partial charge in [-0.2, -0.15) is 5.10 Å². The number of urea groups is 1. The van der Waals surface area contributed by atoms with Crippen molar-refractivity contribution >= 4 is 23.3 Å². The molecule has 2 aliphatic heterocycles. The van der Waals surface area contributed by atoms with Gasteiger partial charge in [-0.05, 0) is 31.4 Å². The van der Waals surface area contributed by atoms with Crippen molar-refractivity contribution in [2.24, 2.45) is 7.05 Å². The van der Waals surface area contributed by atoms with Crippen molar-refractivity contribution < 1.29 is 9.53 Å². The SMILES string of the molecule is Cn1nc([C@@H]2CCCCN2C(=O)Nc2ccccc2Cl)c2c1CCOC2. The smallest absolute Gasteiger partial charge is 0.322 e. The molecular formula is C19H23ClN4O2. The van der Waals surface area contributed by atoms with Crippen LogP contribution >= 0.6 is 11.6 Å². The molecule has 7 heteroatoms. The quantitative estimate of drug-likeness (QED) is 0.867. The van der Waals surface area contributed by atoms with Crippen molar-refractivity contribution in [3.63, 3.8) is 0 Å². The molecule has 1 N–H and O–H groups in total. The molecule has 1 aromatic heterocycles. The van der Waals surface area contributed by atoms with Gasteiger partial charge in [-0.15, -0.1) is 0 Å². The second-order valence-corrected chi connectivity index (χ2v) is 7.26. The molecule has 1 saturated heterocycles. The Morgan fingerprint density at radius 3 is 3.04 bits per heavy atom. The van der Waals surface area contributed by atoms with E-state index >= 15 is 0 Å². The first-order valence-corrected chi connectivity index (χ1v) is 9.47. The fourth-order valence-corrected chi connectivity index (χ4v) is 4.10. The zero-order valence-corrected chi connectivity index (χ0v) is 15.6. The third-order valence-corrected chi connectivity index (χ3v) is 5.56. The number of aryl methyl sites for hydroxylation is 1. The van der Waals surface area contributed by atoms with Crippen molar-refractivity contribution in [3.8, 4) is 0 Å². The molecule has 0 spiro atoms. The number of rotatable bonds is 2. The summed E-state index contributed by atoms with van der Waals surface area (Å²) in [6.07, 6.45) is 3.88. The number of nitrogens with one attached hydrogen (secondary N) is 1. The molecule has 26 heavy (non-hydrogen) atoms. The summed E-state index contributed by atoms with van der Waals surface area (Å²) in [5, 5.41) is 8.26. The Labute approximate surface area is 158 Å². The number of likely N-dealkylation sites (tertiary alicyclic amines) is 1. The second kappa shape index (κ2) is 7.29. The average Bonchev–Trinajstić information content (AvgIpc) is 3.00. The molecule has 4 rings (SSSR count). The monoisotopic (exact) mass is 374 g/mol. The number of anilines is 1. The summed E-state index contributed by atoms with van der Waals surface area (Å²) in [6.45, 7) is 2.02. The molecular weight excluding hydrogens is 352 g/mol. The van der Waals surface area contributed by atoms with Crippen molar-refractivity contribution in [3.05, 3.63) is 46.2 Å². The van der Waals surface area contributed by atoms with Crippen LogP contribution in [0.15, 0.2) is 24.3 Å². The van der Waals surface area contributed by atoms with Crippen molar-refractivity contribution in [2.45, 2.75) is 38.3 Å². The molecule has 0 radical (unpaired) electrons. The molecule has 2 aromatic rings. The highest BCUT2D eigenvalue weighted by Crippen LogP contribution is 2.35. The van der Waals surface area contributed by atoms with Gasteiger partial charge in [-0.25, -0.2) is 4.79 Å². The van der Waals surface area contributed by atoms with Gasteiger partial charge in [0.05, 0.1) is 35.7 Å². The molecule has 0 aliphatic carbocycles. The van der Waals surface area contributed by atoms with E-state index in [4.69, 9.17) is 21.4 Å². The highest BCUT2D eigenvalue weighted by molar-refractivity contribution is 6.33. The zero-order valence-electron chi connectivity index (χ0n) is 14.9. The van der Waals surface area contributed by atoms with Crippen LogP contribution in [0.3, 0.4) is 0 Å². The van der Waals surface area contributed by atoms with E-state index in [1.807, 2.05) is 34.8 Å². The van der Waals surface area contributed by atoms with E-state index in [0.717, 1.165) is 43.5 Å². The van der Waals surface area contributed by atoms with Gasteiger partial charge in [-0.3, -0.25) is 4.68 Å². The predicted octanol–water partition coefficient (Wildman–Crippen LogP) is 3.91. The lowest BCUT2D eigenvalue weighted by molar-refractivity contribution is 0.106. The van der Waals surface area contributed by atoms with Crippen LogP contribution in [-0.4, -0.2) is 33.9 Å². The summed E-state index contributed by atoms with van der Waals surface area (Å²) >= 11 is 6.19. The molecule has 2 amide bonds. The van der Waals surface area contributed by atoms with Gasteiger partial charge in [-0.1, -0.05) is 23.7 Å². The number of aromatic nitrogens is 2. The maximum Gasteiger partial charge on any atom is 0.322 e. The Hall–Kier alpha value is -2.05. The van der Waals surface area contributed by atoms with E-state index < -0.39 is 0 Å². The second-order valence-electron chi connectivity index (χ2n) is 6.85. The molecule has 6 nitrogen and oxygen atoms in total. The Bertz CT molecular complexity index is 820. The fraction of sp³-hybridized carbons (Fsp3) is 0.474. The van der Waals surface area contributed by atoms with Crippen molar-refractivity contribution in [2.75, 3.05) is 18.5 Å². The van der Waals surface area contributed by atoms with Crippen LogP contribution in [0.5, 0.6) is 0 Å². The molecule has 1 aromatic carbocycles. The normalized spacial score (nSPS) is 19.9. The van der Waals surface area contributed by atoms with E-state index in [-0.39, 0.29) is 12.1 Å². The maximum absolute atomic E-state index is 13.0. The van der Waals surface area contributed by atoms with Crippen LogP contribution in [0.25, 0.3) is 0 Å². The first-order valence-electron chi connectivity index (χ1n) is 9.09. The number of hydrogen-bond acceptors (Lipinski definition) is 3.